The highest BCUT2D eigenvalue weighted by Crippen LogP contribution is 2.20. The quantitative estimate of drug-likeness (QED) is 0.661. The van der Waals surface area contributed by atoms with Gasteiger partial charge in [-0.1, -0.05) is 35.9 Å². The number of piperidine rings is 1. The van der Waals surface area contributed by atoms with Crippen LogP contribution in [0.25, 0.3) is 0 Å². The molecule has 146 valence electrons. The van der Waals surface area contributed by atoms with Crippen LogP contribution in [0.5, 0.6) is 0 Å². The minimum atomic E-state index is -3.32. The van der Waals surface area contributed by atoms with Gasteiger partial charge in [0.05, 0.1) is 5.75 Å². The molecular formula is C21H27ClN2O2S. The Morgan fingerprint density at radius 3 is 2.19 bits per heavy atom. The average molecular weight is 407 g/mol. The van der Waals surface area contributed by atoms with Crippen molar-refractivity contribution in [1.82, 2.24) is 4.72 Å². The van der Waals surface area contributed by atoms with E-state index in [2.05, 4.69) is 33.9 Å². The Labute approximate surface area is 167 Å². The molecule has 2 aromatic rings. The first-order chi connectivity index (χ1) is 13.0. The highest BCUT2D eigenvalue weighted by molar-refractivity contribution is 7.88. The smallest absolute Gasteiger partial charge is 0.215 e. The molecule has 1 fully saturated rings. The van der Waals surface area contributed by atoms with Crippen LogP contribution < -0.4 is 9.62 Å². The summed E-state index contributed by atoms with van der Waals surface area (Å²) < 4.78 is 27.0. The normalized spacial score (nSPS) is 15.1. The van der Waals surface area contributed by atoms with E-state index >= 15 is 0 Å². The summed E-state index contributed by atoms with van der Waals surface area (Å²) in [7, 11) is -3.32. The van der Waals surface area contributed by atoms with E-state index in [-0.39, 0.29) is 5.75 Å². The summed E-state index contributed by atoms with van der Waals surface area (Å²) in [5.41, 5.74) is 3.27. The van der Waals surface area contributed by atoms with E-state index in [4.69, 9.17) is 11.6 Å². The summed E-state index contributed by atoms with van der Waals surface area (Å²) in [6, 6.07) is 15.6. The van der Waals surface area contributed by atoms with Crippen LogP contribution in [-0.4, -0.2) is 28.1 Å². The van der Waals surface area contributed by atoms with Gasteiger partial charge in [-0.3, -0.25) is 0 Å². The van der Waals surface area contributed by atoms with E-state index < -0.39 is 10.0 Å². The van der Waals surface area contributed by atoms with Gasteiger partial charge in [0.1, 0.15) is 0 Å². The minimum Gasteiger partial charge on any atom is -0.372 e. The Hall–Kier alpha value is -1.56. The molecule has 0 atom stereocenters. The van der Waals surface area contributed by atoms with Gasteiger partial charge < -0.3 is 4.90 Å². The molecular weight excluding hydrogens is 380 g/mol. The van der Waals surface area contributed by atoms with E-state index in [0.717, 1.165) is 31.5 Å². The van der Waals surface area contributed by atoms with Gasteiger partial charge in [0.15, 0.2) is 0 Å². The number of aryl methyl sites for hydroxylation is 1. The number of benzene rings is 2. The molecule has 0 unspecified atom stereocenters. The zero-order valence-corrected chi connectivity index (χ0v) is 17.1. The van der Waals surface area contributed by atoms with Gasteiger partial charge in [-0.25, -0.2) is 13.1 Å². The second-order valence-corrected chi connectivity index (χ2v) is 9.34. The monoisotopic (exact) mass is 406 g/mol. The molecule has 1 N–H and O–H groups in total. The molecule has 0 aromatic heterocycles. The van der Waals surface area contributed by atoms with Crippen LogP contribution in [0.4, 0.5) is 5.69 Å². The van der Waals surface area contributed by atoms with Gasteiger partial charge in [-0.2, -0.15) is 0 Å². The number of anilines is 1. The summed E-state index contributed by atoms with van der Waals surface area (Å²) in [5.74, 6) is -0.0191. The SMILES string of the molecule is O=S(=O)(Cc1ccc(Cl)cc1)NCCCc1ccc(N2CCCCC2)cc1. The number of hydrogen-bond donors (Lipinski definition) is 1. The summed E-state index contributed by atoms with van der Waals surface area (Å²) >= 11 is 5.83. The highest BCUT2D eigenvalue weighted by Gasteiger charge is 2.12. The summed E-state index contributed by atoms with van der Waals surface area (Å²) in [6.07, 6.45) is 5.53. The Morgan fingerprint density at radius 2 is 1.52 bits per heavy atom. The lowest BCUT2D eigenvalue weighted by molar-refractivity contribution is 0.577. The molecule has 1 aliphatic heterocycles. The van der Waals surface area contributed by atoms with Crippen molar-refractivity contribution in [3.05, 3.63) is 64.7 Å². The fourth-order valence-electron chi connectivity index (χ4n) is 3.40. The Kier molecular flexibility index (Phi) is 7.16. The predicted molar refractivity (Wildman–Crippen MR) is 113 cm³/mol. The maximum Gasteiger partial charge on any atom is 0.215 e. The second-order valence-electron chi connectivity index (χ2n) is 7.10. The molecule has 0 bridgehead atoms. The summed E-state index contributed by atoms with van der Waals surface area (Å²) in [4.78, 5) is 2.44. The molecule has 3 rings (SSSR count). The van der Waals surface area contributed by atoms with Crippen LogP contribution in [-0.2, 0) is 22.2 Å². The van der Waals surface area contributed by atoms with Crippen molar-refractivity contribution in [3.63, 3.8) is 0 Å². The number of hydrogen-bond acceptors (Lipinski definition) is 3. The van der Waals surface area contributed by atoms with Crippen LogP contribution >= 0.6 is 11.6 Å². The lowest BCUT2D eigenvalue weighted by Gasteiger charge is -2.28. The van der Waals surface area contributed by atoms with Crippen LogP contribution in [0.2, 0.25) is 5.02 Å². The number of rotatable bonds is 8. The van der Waals surface area contributed by atoms with Gasteiger partial charge in [-0.15, -0.1) is 0 Å². The number of nitrogens with zero attached hydrogens (tertiary/aromatic N) is 1. The fraction of sp³-hybridized carbons (Fsp3) is 0.429. The van der Waals surface area contributed by atoms with Gasteiger partial charge in [0.2, 0.25) is 10.0 Å². The molecule has 6 heteroatoms. The lowest BCUT2D eigenvalue weighted by Crippen LogP contribution is -2.29. The topological polar surface area (TPSA) is 49.4 Å². The highest BCUT2D eigenvalue weighted by atomic mass is 35.5. The lowest BCUT2D eigenvalue weighted by atomic mass is 10.1. The average Bonchev–Trinajstić information content (AvgIpc) is 2.68. The van der Waals surface area contributed by atoms with Gasteiger partial charge in [0.25, 0.3) is 0 Å². The fourth-order valence-corrected chi connectivity index (χ4v) is 4.71. The third-order valence-electron chi connectivity index (χ3n) is 4.89. The second kappa shape index (κ2) is 9.58. The largest absolute Gasteiger partial charge is 0.372 e. The van der Waals surface area contributed by atoms with E-state index in [0.29, 0.717) is 11.6 Å². The van der Waals surface area contributed by atoms with Crippen molar-refractivity contribution in [1.29, 1.82) is 0 Å². The number of halogens is 1. The van der Waals surface area contributed by atoms with Crippen molar-refractivity contribution in [2.24, 2.45) is 0 Å². The standard InChI is InChI=1S/C21H27ClN2O2S/c22-20-10-6-19(7-11-20)17-27(25,26)23-14-4-5-18-8-12-21(13-9-18)24-15-2-1-3-16-24/h6-13,23H,1-5,14-17H2. The molecule has 1 saturated heterocycles. The van der Waals surface area contributed by atoms with Crippen LogP contribution in [0.15, 0.2) is 48.5 Å². The van der Waals surface area contributed by atoms with Gasteiger partial charge in [-0.05, 0) is 67.5 Å². The molecule has 4 nitrogen and oxygen atoms in total. The zero-order chi connectivity index (χ0) is 19.1. The molecule has 0 spiro atoms. The van der Waals surface area contributed by atoms with E-state index in [1.54, 1.807) is 24.3 Å². The third kappa shape index (κ3) is 6.52. The minimum absolute atomic E-state index is 0.0191. The molecule has 0 aliphatic carbocycles. The molecule has 2 aromatic carbocycles. The van der Waals surface area contributed by atoms with Crippen molar-refractivity contribution >= 4 is 27.3 Å². The van der Waals surface area contributed by atoms with E-state index in [1.807, 2.05) is 0 Å². The predicted octanol–water partition coefficient (Wildman–Crippen LogP) is 4.38. The van der Waals surface area contributed by atoms with Crippen LogP contribution in [0, 0.1) is 0 Å². The van der Waals surface area contributed by atoms with E-state index in [9.17, 15) is 8.42 Å². The first-order valence-corrected chi connectivity index (χ1v) is 11.6. The molecule has 0 radical (unpaired) electrons. The van der Waals surface area contributed by atoms with Crippen molar-refractivity contribution in [2.75, 3.05) is 24.5 Å². The molecule has 1 heterocycles. The number of nitrogens with one attached hydrogen (secondary N) is 1. The molecule has 27 heavy (non-hydrogen) atoms. The molecule has 0 amide bonds. The third-order valence-corrected chi connectivity index (χ3v) is 6.50. The Balaban J connectivity index is 1.42. The van der Waals surface area contributed by atoms with Crippen molar-refractivity contribution in [2.45, 2.75) is 37.9 Å². The van der Waals surface area contributed by atoms with E-state index in [1.165, 1.54) is 30.5 Å². The maximum absolute atomic E-state index is 12.2. The molecule has 1 aliphatic rings. The summed E-state index contributed by atoms with van der Waals surface area (Å²) in [6.45, 7) is 2.74. The Bertz CT molecular complexity index is 814. The van der Waals surface area contributed by atoms with Crippen LogP contribution in [0.1, 0.15) is 36.8 Å². The number of sulfonamides is 1. The molecule has 0 saturated carbocycles. The first-order valence-electron chi connectivity index (χ1n) is 9.57. The zero-order valence-electron chi connectivity index (χ0n) is 15.5. The van der Waals surface area contributed by atoms with Gasteiger partial charge in [0, 0.05) is 30.3 Å². The van der Waals surface area contributed by atoms with Gasteiger partial charge >= 0.3 is 0 Å². The Morgan fingerprint density at radius 1 is 0.889 bits per heavy atom. The summed E-state index contributed by atoms with van der Waals surface area (Å²) in [5, 5.41) is 0.607. The van der Waals surface area contributed by atoms with Crippen molar-refractivity contribution < 1.29 is 8.42 Å². The maximum atomic E-state index is 12.2. The van der Waals surface area contributed by atoms with Crippen molar-refractivity contribution in [3.8, 4) is 0 Å². The first kappa shape index (κ1) is 20.2. The van der Waals surface area contributed by atoms with Crippen LogP contribution in [0.3, 0.4) is 0 Å².